The molecule has 128 valence electrons. The topological polar surface area (TPSA) is 86.0 Å². The van der Waals surface area contributed by atoms with Gasteiger partial charge in [-0.1, -0.05) is 0 Å². The Kier molecular flexibility index (Phi) is 2.79. The van der Waals surface area contributed by atoms with Gasteiger partial charge in [0.2, 0.25) is 0 Å². The monoisotopic (exact) mass is 350 g/mol. The zero-order valence-corrected chi connectivity index (χ0v) is 14.2. The number of hydrogen-bond donors (Lipinski definition) is 3. The van der Waals surface area contributed by atoms with Crippen LogP contribution in [0.15, 0.2) is 67.4 Å². The molecule has 6 heterocycles. The van der Waals surface area contributed by atoms with E-state index in [0.29, 0.717) is 0 Å². The number of aromatic amines is 3. The summed E-state index contributed by atoms with van der Waals surface area (Å²) in [6.07, 6.45) is 9.29. The molecule has 0 radical (unpaired) electrons. The van der Waals surface area contributed by atoms with Crippen LogP contribution in [-0.4, -0.2) is 29.9 Å². The van der Waals surface area contributed by atoms with E-state index in [9.17, 15) is 0 Å². The van der Waals surface area contributed by atoms with Gasteiger partial charge >= 0.3 is 0 Å². The average molecular weight is 350 g/mol. The Bertz CT molecular complexity index is 1400. The highest BCUT2D eigenvalue weighted by Crippen LogP contribution is 2.29. The van der Waals surface area contributed by atoms with Crippen molar-refractivity contribution in [2.75, 3.05) is 0 Å². The lowest BCUT2D eigenvalue weighted by atomic mass is 10.1. The molecule has 0 fully saturated rings. The Balaban J connectivity index is 1.46. The van der Waals surface area contributed by atoms with Gasteiger partial charge in [0.05, 0.1) is 23.1 Å². The van der Waals surface area contributed by atoms with Gasteiger partial charge in [0.1, 0.15) is 5.65 Å². The van der Waals surface area contributed by atoms with E-state index in [1.54, 1.807) is 6.20 Å². The van der Waals surface area contributed by atoms with Crippen LogP contribution in [0.4, 0.5) is 0 Å². The van der Waals surface area contributed by atoms with Crippen LogP contribution in [0, 0.1) is 0 Å². The van der Waals surface area contributed by atoms with Crippen LogP contribution in [0.5, 0.6) is 0 Å². The van der Waals surface area contributed by atoms with Crippen molar-refractivity contribution in [1.29, 1.82) is 0 Å². The molecule has 6 nitrogen and oxygen atoms in total. The summed E-state index contributed by atoms with van der Waals surface area (Å²) in [5.74, 6) is 0. The molecule has 0 amide bonds. The van der Waals surface area contributed by atoms with Crippen molar-refractivity contribution in [1.82, 2.24) is 29.9 Å². The molecule has 6 heteroatoms. The zero-order chi connectivity index (χ0) is 17.8. The molecule has 0 spiro atoms. The predicted octanol–water partition coefficient (Wildman–Crippen LogP) is 4.65. The fourth-order valence-electron chi connectivity index (χ4n) is 3.53. The molecule has 6 aromatic heterocycles. The molecule has 6 aromatic rings. The number of H-pyrrole nitrogens is 3. The lowest BCUT2D eigenvalue weighted by molar-refractivity contribution is 1.30. The van der Waals surface area contributed by atoms with Crippen LogP contribution < -0.4 is 0 Å². The maximum atomic E-state index is 4.62. The number of pyridine rings is 3. The summed E-state index contributed by atoms with van der Waals surface area (Å²) < 4.78 is 0. The molecule has 0 aromatic carbocycles. The van der Waals surface area contributed by atoms with Crippen molar-refractivity contribution < 1.29 is 0 Å². The molecule has 6 rings (SSSR count). The van der Waals surface area contributed by atoms with Gasteiger partial charge < -0.3 is 15.0 Å². The van der Waals surface area contributed by atoms with E-state index in [0.717, 1.165) is 55.5 Å². The van der Waals surface area contributed by atoms with Gasteiger partial charge in [-0.3, -0.25) is 9.97 Å². The van der Waals surface area contributed by atoms with Crippen LogP contribution in [0.2, 0.25) is 0 Å². The second kappa shape index (κ2) is 5.28. The number of hydrogen-bond acceptors (Lipinski definition) is 3. The van der Waals surface area contributed by atoms with Crippen molar-refractivity contribution in [3.05, 3.63) is 67.4 Å². The van der Waals surface area contributed by atoms with E-state index in [-0.39, 0.29) is 0 Å². The second-order valence-corrected chi connectivity index (χ2v) is 6.63. The highest BCUT2D eigenvalue weighted by Gasteiger charge is 2.09. The SMILES string of the molecule is c1cc2[nH]c(-c3cc4cc(-c5cnc6[nH]ccc6c5)[nH]c4cn3)cc2cn1. The van der Waals surface area contributed by atoms with Gasteiger partial charge in [-0.05, 0) is 36.4 Å². The largest absolute Gasteiger partial charge is 0.353 e. The van der Waals surface area contributed by atoms with Crippen LogP contribution >= 0.6 is 0 Å². The Hall–Kier alpha value is -3.93. The molecule has 0 atom stereocenters. The van der Waals surface area contributed by atoms with Gasteiger partial charge in [0, 0.05) is 57.7 Å². The molecule has 27 heavy (non-hydrogen) atoms. The third-order valence-corrected chi connectivity index (χ3v) is 4.91. The average Bonchev–Trinajstić information content (AvgIpc) is 3.42. The summed E-state index contributed by atoms with van der Waals surface area (Å²) in [6, 6.07) is 12.4. The summed E-state index contributed by atoms with van der Waals surface area (Å²) in [7, 11) is 0. The van der Waals surface area contributed by atoms with E-state index < -0.39 is 0 Å². The molecule has 3 N–H and O–H groups in total. The molecule has 0 aliphatic rings. The molecular formula is C21H14N6. The van der Waals surface area contributed by atoms with Crippen LogP contribution in [-0.2, 0) is 0 Å². The van der Waals surface area contributed by atoms with Gasteiger partial charge in [-0.15, -0.1) is 0 Å². The summed E-state index contributed by atoms with van der Waals surface area (Å²) in [4.78, 5) is 23.2. The van der Waals surface area contributed by atoms with E-state index in [4.69, 9.17) is 0 Å². The van der Waals surface area contributed by atoms with Crippen molar-refractivity contribution in [2.45, 2.75) is 0 Å². The Labute approximate surface area is 153 Å². The zero-order valence-electron chi connectivity index (χ0n) is 14.2. The molecular weight excluding hydrogens is 336 g/mol. The fraction of sp³-hybridized carbons (Fsp3) is 0. The minimum absolute atomic E-state index is 0.895. The minimum atomic E-state index is 0.895. The molecule has 0 saturated carbocycles. The minimum Gasteiger partial charge on any atom is -0.353 e. The Morgan fingerprint density at radius 2 is 1.63 bits per heavy atom. The first-order chi connectivity index (χ1) is 13.3. The molecule has 0 aliphatic heterocycles. The number of fused-ring (bicyclic) bond motifs is 3. The van der Waals surface area contributed by atoms with Gasteiger partial charge in [-0.2, -0.15) is 0 Å². The standard InChI is InChI=1S/C21H14N6/c1-4-23-21-12(1)5-14(10-25-21)17-6-13-7-18(24-11-20(13)27-17)19-8-15-9-22-3-2-16(15)26-19/h1-11,26-27H,(H,23,25). The first-order valence-electron chi connectivity index (χ1n) is 8.69. The second-order valence-electron chi connectivity index (χ2n) is 6.63. The Morgan fingerprint density at radius 1 is 0.704 bits per heavy atom. The fourth-order valence-corrected chi connectivity index (χ4v) is 3.53. The van der Waals surface area contributed by atoms with Crippen molar-refractivity contribution in [3.8, 4) is 22.6 Å². The highest BCUT2D eigenvalue weighted by molar-refractivity contribution is 5.91. The third-order valence-electron chi connectivity index (χ3n) is 4.91. The first-order valence-corrected chi connectivity index (χ1v) is 8.69. The smallest absolute Gasteiger partial charge is 0.137 e. The highest BCUT2D eigenvalue weighted by atomic mass is 14.8. The molecule has 0 unspecified atom stereocenters. The van der Waals surface area contributed by atoms with E-state index in [2.05, 4.69) is 54.2 Å². The summed E-state index contributed by atoms with van der Waals surface area (Å²) in [5, 5.41) is 3.28. The van der Waals surface area contributed by atoms with Crippen LogP contribution in [0.25, 0.3) is 55.5 Å². The van der Waals surface area contributed by atoms with Gasteiger partial charge in [-0.25, -0.2) is 4.98 Å². The molecule has 0 saturated heterocycles. The number of nitrogens with one attached hydrogen (secondary N) is 3. The third kappa shape index (κ3) is 2.23. The molecule has 0 bridgehead atoms. The van der Waals surface area contributed by atoms with E-state index in [1.165, 1.54) is 0 Å². The van der Waals surface area contributed by atoms with E-state index >= 15 is 0 Å². The number of aromatic nitrogens is 6. The number of nitrogens with zero attached hydrogens (tertiary/aromatic N) is 3. The lowest BCUT2D eigenvalue weighted by Crippen LogP contribution is -1.83. The van der Waals surface area contributed by atoms with Crippen molar-refractivity contribution >= 4 is 32.8 Å². The maximum absolute atomic E-state index is 4.62. The quantitative estimate of drug-likeness (QED) is 0.425. The van der Waals surface area contributed by atoms with Crippen LogP contribution in [0.3, 0.4) is 0 Å². The lowest BCUT2D eigenvalue weighted by Gasteiger charge is -1.97. The summed E-state index contributed by atoms with van der Waals surface area (Å²) in [6.45, 7) is 0. The number of rotatable bonds is 2. The van der Waals surface area contributed by atoms with Gasteiger partial charge in [0.15, 0.2) is 0 Å². The normalized spacial score (nSPS) is 11.7. The summed E-state index contributed by atoms with van der Waals surface area (Å²) in [5.41, 5.74) is 6.92. The van der Waals surface area contributed by atoms with Gasteiger partial charge in [0.25, 0.3) is 0 Å². The first kappa shape index (κ1) is 14.3. The predicted molar refractivity (Wildman–Crippen MR) is 106 cm³/mol. The summed E-state index contributed by atoms with van der Waals surface area (Å²) >= 11 is 0. The van der Waals surface area contributed by atoms with E-state index in [1.807, 2.05) is 36.9 Å². The van der Waals surface area contributed by atoms with Crippen molar-refractivity contribution in [2.24, 2.45) is 0 Å². The maximum Gasteiger partial charge on any atom is 0.137 e. The van der Waals surface area contributed by atoms with Crippen molar-refractivity contribution in [3.63, 3.8) is 0 Å². The molecule has 0 aliphatic carbocycles. The van der Waals surface area contributed by atoms with Crippen LogP contribution in [0.1, 0.15) is 0 Å². The Morgan fingerprint density at radius 3 is 2.59 bits per heavy atom.